The van der Waals surface area contributed by atoms with Crippen LogP contribution < -0.4 is 4.90 Å². The van der Waals surface area contributed by atoms with Crippen LogP contribution in [0.5, 0.6) is 0 Å². The van der Waals surface area contributed by atoms with Crippen LogP contribution in [-0.2, 0) is 6.54 Å². The highest BCUT2D eigenvalue weighted by Crippen LogP contribution is 2.30. The Morgan fingerprint density at radius 3 is 2.91 bits per heavy atom. The molecule has 1 aliphatic rings. The lowest BCUT2D eigenvalue weighted by molar-refractivity contribution is -0.385. The highest BCUT2D eigenvalue weighted by atomic mass is 16.6. The number of aromatic nitrogens is 1. The van der Waals surface area contributed by atoms with Crippen LogP contribution in [0.1, 0.15) is 23.7 Å². The van der Waals surface area contributed by atoms with Crippen LogP contribution in [0.4, 0.5) is 11.4 Å². The summed E-state index contributed by atoms with van der Waals surface area (Å²) in [5.74, 6) is 0. The number of nitrogens with zero attached hydrogens (tertiary/aromatic N) is 3. The molecule has 0 amide bonds. The van der Waals surface area contributed by atoms with Gasteiger partial charge in [0.1, 0.15) is 5.69 Å². The zero-order valence-electron chi connectivity index (χ0n) is 12.2. The molecule has 2 aromatic rings. The molecule has 3 rings (SSSR count). The molecule has 0 radical (unpaired) electrons. The van der Waals surface area contributed by atoms with Crippen LogP contribution >= 0.6 is 0 Å². The van der Waals surface area contributed by atoms with Gasteiger partial charge in [0.15, 0.2) is 0 Å². The molecule has 110 valence electrons. The van der Waals surface area contributed by atoms with Gasteiger partial charge in [-0.15, -0.1) is 0 Å². The average molecular weight is 293 g/mol. The van der Waals surface area contributed by atoms with Crippen molar-refractivity contribution in [2.45, 2.75) is 13.5 Å². The zero-order valence-corrected chi connectivity index (χ0v) is 12.2. The van der Waals surface area contributed by atoms with Crippen LogP contribution in [-0.4, -0.2) is 9.91 Å². The molecule has 0 bridgehead atoms. The Morgan fingerprint density at radius 1 is 1.41 bits per heavy atom. The number of hydrogen-bond donors (Lipinski definition) is 0. The van der Waals surface area contributed by atoms with Crippen molar-refractivity contribution in [2.24, 2.45) is 0 Å². The number of pyridine rings is 1. The molecule has 0 aliphatic carbocycles. The van der Waals surface area contributed by atoms with E-state index in [0.717, 1.165) is 0 Å². The van der Waals surface area contributed by atoms with Crippen LogP contribution in [0.2, 0.25) is 0 Å². The lowest BCUT2D eigenvalue weighted by atomic mass is 10.0. The summed E-state index contributed by atoms with van der Waals surface area (Å²) >= 11 is 0. The van der Waals surface area contributed by atoms with Gasteiger partial charge in [-0.3, -0.25) is 10.1 Å². The van der Waals surface area contributed by atoms with Crippen molar-refractivity contribution in [3.8, 4) is 0 Å². The van der Waals surface area contributed by atoms with Crippen LogP contribution in [0, 0.1) is 10.1 Å². The molecule has 0 unspecified atom stereocenters. The maximum absolute atomic E-state index is 11.2. The minimum absolute atomic E-state index is 0.0164. The quantitative estimate of drug-likeness (QED) is 0.633. The first-order valence-corrected chi connectivity index (χ1v) is 6.89. The Bertz CT molecular complexity index is 796. The van der Waals surface area contributed by atoms with E-state index in [-0.39, 0.29) is 5.69 Å². The third-order valence-electron chi connectivity index (χ3n) is 3.62. The van der Waals surface area contributed by atoms with E-state index in [9.17, 15) is 10.1 Å². The smallest absolute Gasteiger partial charge is 0.297 e. The third-order valence-corrected chi connectivity index (χ3v) is 3.62. The summed E-state index contributed by atoms with van der Waals surface area (Å²) in [4.78, 5) is 17.0. The van der Waals surface area contributed by atoms with Gasteiger partial charge in [-0.25, -0.2) is 4.98 Å². The first-order valence-electron chi connectivity index (χ1n) is 6.89. The molecule has 0 fully saturated rings. The predicted octanol–water partition coefficient (Wildman–Crippen LogP) is 4.01. The van der Waals surface area contributed by atoms with E-state index in [0.29, 0.717) is 23.5 Å². The molecule has 1 aliphatic heterocycles. The van der Waals surface area contributed by atoms with Crippen LogP contribution in [0.3, 0.4) is 0 Å². The summed E-state index contributed by atoms with van der Waals surface area (Å²) in [5, 5.41) is 11.2. The molecular weight excluding hydrogens is 278 g/mol. The lowest BCUT2D eigenvalue weighted by Crippen LogP contribution is -2.19. The molecule has 2 heterocycles. The predicted molar refractivity (Wildman–Crippen MR) is 87.3 cm³/mol. The SMILES string of the molecule is C=C(C)c1ncc(N2C=Cc3ccccc3C2)cc1[N+](=O)[O-]. The summed E-state index contributed by atoms with van der Waals surface area (Å²) in [6.45, 7) is 6.12. The maximum atomic E-state index is 11.2. The molecule has 22 heavy (non-hydrogen) atoms. The van der Waals surface area contributed by atoms with Crippen molar-refractivity contribution < 1.29 is 4.92 Å². The molecule has 0 atom stereocenters. The average Bonchev–Trinajstić information content (AvgIpc) is 2.53. The molecular formula is C17H15N3O2. The first kappa shape index (κ1) is 14.0. The molecule has 5 nitrogen and oxygen atoms in total. The summed E-state index contributed by atoms with van der Waals surface area (Å²) in [7, 11) is 0. The fourth-order valence-electron chi connectivity index (χ4n) is 2.49. The van der Waals surface area contributed by atoms with E-state index < -0.39 is 4.92 Å². The van der Waals surface area contributed by atoms with Gasteiger partial charge in [0.2, 0.25) is 0 Å². The van der Waals surface area contributed by atoms with E-state index >= 15 is 0 Å². The largest absolute Gasteiger partial charge is 0.342 e. The van der Waals surface area contributed by atoms with Gasteiger partial charge in [0.05, 0.1) is 16.8 Å². The number of anilines is 1. The topological polar surface area (TPSA) is 59.3 Å². The number of benzene rings is 1. The van der Waals surface area contributed by atoms with E-state index in [2.05, 4.69) is 17.6 Å². The van der Waals surface area contributed by atoms with Crippen LogP contribution in [0.25, 0.3) is 11.6 Å². The third kappa shape index (κ3) is 2.48. The Labute approximate surface area is 128 Å². The van der Waals surface area contributed by atoms with Crippen molar-refractivity contribution in [1.29, 1.82) is 0 Å². The zero-order chi connectivity index (χ0) is 15.7. The van der Waals surface area contributed by atoms with Gasteiger partial charge in [0, 0.05) is 18.8 Å². The summed E-state index contributed by atoms with van der Waals surface area (Å²) in [6.07, 6.45) is 5.57. The summed E-state index contributed by atoms with van der Waals surface area (Å²) < 4.78 is 0. The minimum atomic E-state index is -0.415. The van der Waals surface area contributed by atoms with E-state index in [1.165, 1.54) is 11.1 Å². The highest BCUT2D eigenvalue weighted by molar-refractivity contribution is 5.71. The fraction of sp³-hybridized carbons (Fsp3) is 0.118. The highest BCUT2D eigenvalue weighted by Gasteiger charge is 2.20. The van der Waals surface area contributed by atoms with Crippen molar-refractivity contribution in [1.82, 2.24) is 4.98 Å². The van der Waals surface area contributed by atoms with Gasteiger partial charge >= 0.3 is 0 Å². The van der Waals surface area contributed by atoms with Gasteiger partial charge in [-0.05, 0) is 29.7 Å². The Balaban J connectivity index is 1.99. The lowest BCUT2D eigenvalue weighted by Gasteiger charge is -2.25. The molecule has 0 N–H and O–H groups in total. The van der Waals surface area contributed by atoms with Gasteiger partial charge in [-0.1, -0.05) is 30.8 Å². The Morgan fingerprint density at radius 2 is 2.18 bits per heavy atom. The molecule has 0 saturated heterocycles. The van der Waals surface area contributed by atoms with Gasteiger partial charge in [0.25, 0.3) is 5.69 Å². The number of rotatable bonds is 3. The van der Waals surface area contributed by atoms with E-state index in [1.54, 1.807) is 19.2 Å². The van der Waals surface area contributed by atoms with Gasteiger partial charge in [-0.2, -0.15) is 0 Å². The Kier molecular flexibility index (Phi) is 3.47. The van der Waals surface area contributed by atoms with Gasteiger partial charge < -0.3 is 4.90 Å². The van der Waals surface area contributed by atoms with Crippen molar-refractivity contribution >= 4 is 23.0 Å². The molecule has 1 aromatic carbocycles. The fourth-order valence-corrected chi connectivity index (χ4v) is 2.49. The number of allylic oxidation sites excluding steroid dienone is 1. The summed E-state index contributed by atoms with van der Waals surface area (Å²) in [5.41, 5.74) is 3.93. The van der Waals surface area contributed by atoms with E-state index in [4.69, 9.17) is 0 Å². The van der Waals surface area contributed by atoms with E-state index in [1.807, 2.05) is 35.4 Å². The number of nitro groups is 1. The van der Waals surface area contributed by atoms with Crippen LogP contribution in [0.15, 0.2) is 49.3 Å². The number of fused-ring (bicyclic) bond motifs is 1. The van der Waals surface area contributed by atoms with Crippen molar-refractivity contribution in [3.05, 3.63) is 76.2 Å². The van der Waals surface area contributed by atoms with Crippen molar-refractivity contribution in [3.63, 3.8) is 0 Å². The molecule has 0 spiro atoms. The standard InChI is InChI=1S/C17H15N3O2/c1-12(2)17-16(20(21)22)9-15(10-18-17)19-8-7-13-5-3-4-6-14(13)11-19/h3-10H,1,11H2,2H3. The first-order chi connectivity index (χ1) is 10.6. The van der Waals surface area contributed by atoms with Crippen molar-refractivity contribution in [2.75, 3.05) is 4.90 Å². The monoisotopic (exact) mass is 293 g/mol. The summed E-state index contributed by atoms with van der Waals surface area (Å²) in [6, 6.07) is 9.63. The second-order valence-electron chi connectivity index (χ2n) is 5.24. The second kappa shape index (κ2) is 5.44. The molecule has 1 aromatic heterocycles. The maximum Gasteiger partial charge on any atom is 0.297 e. The normalized spacial score (nSPS) is 12.9. The Hall–Kier alpha value is -2.95. The molecule has 5 heteroatoms. The second-order valence-corrected chi connectivity index (χ2v) is 5.24. The number of hydrogen-bond acceptors (Lipinski definition) is 4. The molecule has 0 saturated carbocycles. The minimum Gasteiger partial charge on any atom is -0.342 e.